The van der Waals surface area contributed by atoms with E-state index in [0.29, 0.717) is 24.4 Å². The number of nitrogens with one attached hydrogen (secondary N) is 1. The van der Waals surface area contributed by atoms with Crippen molar-refractivity contribution in [3.8, 4) is 6.07 Å². The molecule has 0 aliphatic carbocycles. The average Bonchev–Trinajstić information content (AvgIpc) is 2.53. The molecule has 0 bridgehead atoms. The van der Waals surface area contributed by atoms with Crippen molar-refractivity contribution in [1.82, 2.24) is 10.2 Å². The van der Waals surface area contributed by atoms with Crippen molar-refractivity contribution in [2.75, 3.05) is 20.1 Å². The lowest BCUT2D eigenvalue weighted by molar-refractivity contribution is -0.130. The van der Waals surface area contributed by atoms with E-state index in [9.17, 15) is 4.79 Å². The van der Waals surface area contributed by atoms with Crippen LogP contribution >= 0.6 is 0 Å². The van der Waals surface area contributed by atoms with Gasteiger partial charge in [-0.2, -0.15) is 5.26 Å². The summed E-state index contributed by atoms with van der Waals surface area (Å²) < 4.78 is 0. The Kier molecular flexibility index (Phi) is 5.77. The van der Waals surface area contributed by atoms with Crippen LogP contribution in [0.25, 0.3) is 0 Å². The van der Waals surface area contributed by atoms with Crippen LogP contribution in [0.1, 0.15) is 36.8 Å². The fourth-order valence-corrected chi connectivity index (χ4v) is 2.79. The van der Waals surface area contributed by atoms with E-state index in [1.165, 1.54) is 12.8 Å². The number of hydrogen-bond acceptors (Lipinski definition) is 3. The molecule has 1 atom stereocenters. The van der Waals surface area contributed by atoms with Crippen LogP contribution in [-0.2, 0) is 11.3 Å². The van der Waals surface area contributed by atoms with Crippen molar-refractivity contribution in [1.29, 1.82) is 5.26 Å². The molecule has 1 unspecified atom stereocenters. The largest absolute Gasteiger partial charge is 0.341 e. The van der Waals surface area contributed by atoms with Gasteiger partial charge in [0.1, 0.15) is 0 Å². The first-order valence-corrected chi connectivity index (χ1v) is 7.63. The van der Waals surface area contributed by atoms with Gasteiger partial charge in [0.15, 0.2) is 0 Å². The standard InChI is InChI=1S/C17H23N3O/c1-20(13-16-5-2-4-15(10-16)11-18)17(21)8-7-14-6-3-9-19-12-14/h2,4-5,10,14,19H,3,6-9,12-13H2,1H3. The molecule has 1 saturated heterocycles. The molecule has 0 saturated carbocycles. The molecule has 2 rings (SSSR count). The Balaban J connectivity index is 1.80. The first-order valence-electron chi connectivity index (χ1n) is 7.63. The number of nitrogens with zero attached hydrogens (tertiary/aromatic N) is 2. The van der Waals surface area contributed by atoms with E-state index < -0.39 is 0 Å². The molecule has 1 fully saturated rings. The molecular formula is C17H23N3O. The lowest BCUT2D eigenvalue weighted by Gasteiger charge is -2.24. The summed E-state index contributed by atoms with van der Waals surface area (Å²) in [5, 5.41) is 12.3. The number of nitriles is 1. The smallest absolute Gasteiger partial charge is 0.222 e. The zero-order valence-electron chi connectivity index (χ0n) is 12.6. The van der Waals surface area contributed by atoms with Crippen molar-refractivity contribution in [3.05, 3.63) is 35.4 Å². The molecule has 1 heterocycles. The first-order chi connectivity index (χ1) is 10.2. The number of benzene rings is 1. The van der Waals surface area contributed by atoms with Crippen LogP contribution in [0.5, 0.6) is 0 Å². The van der Waals surface area contributed by atoms with Gasteiger partial charge in [-0.15, -0.1) is 0 Å². The van der Waals surface area contributed by atoms with Gasteiger partial charge < -0.3 is 10.2 Å². The Hall–Kier alpha value is -1.86. The normalized spacial score (nSPS) is 18.0. The third-order valence-corrected chi connectivity index (χ3v) is 4.07. The maximum absolute atomic E-state index is 12.2. The van der Waals surface area contributed by atoms with Gasteiger partial charge in [0.2, 0.25) is 5.91 Å². The summed E-state index contributed by atoms with van der Waals surface area (Å²) in [4.78, 5) is 13.9. The molecule has 1 aliphatic rings. The quantitative estimate of drug-likeness (QED) is 0.903. The van der Waals surface area contributed by atoms with Crippen LogP contribution < -0.4 is 5.32 Å². The van der Waals surface area contributed by atoms with E-state index in [1.54, 1.807) is 11.0 Å². The van der Waals surface area contributed by atoms with Gasteiger partial charge in [-0.25, -0.2) is 0 Å². The zero-order chi connectivity index (χ0) is 15.1. The van der Waals surface area contributed by atoms with Gasteiger partial charge in [-0.3, -0.25) is 4.79 Å². The van der Waals surface area contributed by atoms with Gasteiger partial charge in [-0.1, -0.05) is 12.1 Å². The fourth-order valence-electron chi connectivity index (χ4n) is 2.79. The SMILES string of the molecule is CN(Cc1cccc(C#N)c1)C(=O)CCC1CCCNC1. The van der Waals surface area contributed by atoms with Gasteiger partial charge >= 0.3 is 0 Å². The van der Waals surface area contributed by atoms with E-state index in [4.69, 9.17) is 5.26 Å². The minimum Gasteiger partial charge on any atom is -0.341 e. The molecule has 1 N–H and O–H groups in total. The molecule has 21 heavy (non-hydrogen) atoms. The summed E-state index contributed by atoms with van der Waals surface area (Å²) >= 11 is 0. The summed E-state index contributed by atoms with van der Waals surface area (Å²) in [6.07, 6.45) is 4.03. The second kappa shape index (κ2) is 7.80. The highest BCUT2D eigenvalue weighted by Gasteiger charge is 2.16. The van der Waals surface area contributed by atoms with Gasteiger partial charge in [0.05, 0.1) is 11.6 Å². The number of hydrogen-bond donors (Lipinski definition) is 1. The highest BCUT2D eigenvalue weighted by atomic mass is 16.2. The van der Waals surface area contributed by atoms with Crippen molar-refractivity contribution in [2.24, 2.45) is 5.92 Å². The van der Waals surface area contributed by atoms with Gasteiger partial charge in [0, 0.05) is 20.0 Å². The summed E-state index contributed by atoms with van der Waals surface area (Å²) in [6.45, 7) is 2.72. The first kappa shape index (κ1) is 15.5. The Labute approximate surface area is 126 Å². The zero-order valence-corrected chi connectivity index (χ0v) is 12.6. The topological polar surface area (TPSA) is 56.1 Å². The number of carbonyl (C=O) groups is 1. The van der Waals surface area contributed by atoms with Crippen molar-refractivity contribution >= 4 is 5.91 Å². The predicted molar refractivity (Wildman–Crippen MR) is 82.5 cm³/mol. The van der Waals surface area contributed by atoms with Crippen LogP contribution in [0.4, 0.5) is 0 Å². The predicted octanol–water partition coefficient (Wildman–Crippen LogP) is 2.30. The Morgan fingerprint density at radius 1 is 1.52 bits per heavy atom. The third-order valence-electron chi connectivity index (χ3n) is 4.07. The minimum absolute atomic E-state index is 0.183. The van der Waals surface area contributed by atoms with Gasteiger partial charge in [0.25, 0.3) is 0 Å². The summed E-state index contributed by atoms with van der Waals surface area (Å²) in [5.41, 5.74) is 1.64. The van der Waals surface area contributed by atoms with E-state index in [0.717, 1.165) is 25.1 Å². The lowest BCUT2D eigenvalue weighted by Crippen LogP contribution is -2.31. The second-order valence-electron chi connectivity index (χ2n) is 5.81. The molecule has 1 aromatic carbocycles. The number of piperidine rings is 1. The molecule has 0 radical (unpaired) electrons. The molecule has 112 valence electrons. The van der Waals surface area contributed by atoms with Crippen molar-refractivity contribution in [3.63, 3.8) is 0 Å². The summed E-state index contributed by atoms with van der Waals surface area (Å²) in [6, 6.07) is 9.56. The van der Waals surface area contributed by atoms with E-state index in [-0.39, 0.29) is 5.91 Å². The van der Waals surface area contributed by atoms with Crippen molar-refractivity contribution < 1.29 is 4.79 Å². The molecular weight excluding hydrogens is 262 g/mol. The fraction of sp³-hybridized carbons (Fsp3) is 0.529. The summed E-state index contributed by atoms with van der Waals surface area (Å²) in [5.74, 6) is 0.820. The van der Waals surface area contributed by atoms with Crippen LogP contribution in [0, 0.1) is 17.2 Å². The number of amides is 1. The minimum atomic E-state index is 0.183. The number of carbonyl (C=O) groups excluding carboxylic acids is 1. The second-order valence-corrected chi connectivity index (χ2v) is 5.81. The average molecular weight is 285 g/mol. The Morgan fingerprint density at radius 3 is 3.10 bits per heavy atom. The van der Waals surface area contributed by atoms with E-state index in [2.05, 4.69) is 11.4 Å². The van der Waals surface area contributed by atoms with E-state index in [1.807, 2.05) is 25.2 Å². The maximum atomic E-state index is 12.2. The van der Waals surface area contributed by atoms with Crippen LogP contribution in [0.15, 0.2) is 24.3 Å². The Morgan fingerprint density at radius 2 is 2.38 bits per heavy atom. The van der Waals surface area contributed by atoms with Crippen molar-refractivity contribution in [2.45, 2.75) is 32.2 Å². The molecule has 0 spiro atoms. The molecule has 0 aromatic heterocycles. The highest BCUT2D eigenvalue weighted by Crippen LogP contribution is 2.17. The van der Waals surface area contributed by atoms with Crippen LogP contribution in [0.2, 0.25) is 0 Å². The number of rotatable bonds is 5. The maximum Gasteiger partial charge on any atom is 0.222 e. The lowest BCUT2D eigenvalue weighted by atomic mass is 9.94. The third kappa shape index (κ3) is 4.87. The summed E-state index contributed by atoms with van der Waals surface area (Å²) in [7, 11) is 1.83. The highest BCUT2D eigenvalue weighted by molar-refractivity contribution is 5.75. The Bertz CT molecular complexity index is 515. The molecule has 4 heteroatoms. The van der Waals surface area contributed by atoms with E-state index >= 15 is 0 Å². The van der Waals surface area contributed by atoms with Crippen LogP contribution in [0.3, 0.4) is 0 Å². The van der Waals surface area contributed by atoms with Gasteiger partial charge in [-0.05, 0) is 56.0 Å². The molecule has 1 aliphatic heterocycles. The molecule has 4 nitrogen and oxygen atoms in total. The molecule has 1 aromatic rings. The molecule has 1 amide bonds. The van der Waals surface area contributed by atoms with Crippen LogP contribution in [-0.4, -0.2) is 30.9 Å². The monoisotopic (exact) mass is 285 g/mol.